The second kappa shape index (κ2) is 7.65. The number of anilines is 1. The zero-order chi connectivity index (χ0) is 19.6. The van der Waals surface area contributed by atoms with E-state index >= 15 is 0 Å². The molecule has 0 atom stereocenters. The number of fused-ring (bicyclic) bond motifs is 1. The van der Waals surface area contributed by atoms with Crippen molar-refractivity contribution in [3.05, 3.63) is 46.8 Å². The van der Waals surface area contributed by atoms with Crippen LogP contribution in [0.5, 0.6) is 5.88 Å². The Hall–Kier alpha value is -3.10. The van der Waals surface area contributed by atoms with Crippen molar-refractivity contribution in [1.29, 1.82) is 0 Å². The highest BCUT2D eigenvalue weighted by atomic mass is 19.3. The first kappa shape index (κ1) is 18.7. The number of alkyl halides is 2. The van der Waals surface area contributed by atoms with Crippen molar-refractivity contribution in [2.24, 2.45) is 0 Å². The minimum absolute atomic E-state index is 0.146. The van der Waals surface area contributed by atoms with Gasteiger partial charge in [-0.25, -0.2) is 18.7 Å². The van der Waals surface area contributed by atoms with Crippen LogP contribution in [0.1, 0.15) is 34.0 Å². The summed E-state index contributed by atoms with van der Waals surface area (Å²) in [4.78, 5) is 33.7. The Labute approximate surface area is 154 Å². The van der Waals surface area contributed by atoms with E-state index in [-0.39, 0.29) is 24.2 Å². The number of nitrogens with zero attached hydrogens (tertiary/aromatic N) is 3. The molecule has 2 aromatic heterocycles. The lowest BCUT2D eigenvalue weighted by Gasteiger charge is -2.16. The predicted molar refractivity (Wildman–Crippen MR) is 92.6 cm³/mol. The molecule has 27 heavy (non-hydrogen) atoms. The summed E-state index contributed by atoms with van der Waals surface area (Å²) in [6.07, 6.45) is 0.404. The largest absolute Gasteiger partial charge is 0.471 e. The number of hydrogen-bond donors (Lipinski definition) is 1. The van der Waals surface area contributed by atoms with Gasteiger partial charge in [0.05, 0.1) is 6.54 Å². The molecule has 0 unspecified atom stereocenters. The van der Waals surface area contributed by atoms with Gasteiger partial charge in [0.1, 0.15) is 5.82 Å². The highest BCUT2D eigenvalue weighted by Gasteiger charge is 2.30. The summed E-state index contributed by atoms with van der Waals surface area (Å²) in [6.45, 7) is 2.96. The first-order valence-electron chi connectivity index (χ1n) is 8.26. The molecule has 1 aliphatic heterocycles. The second-order valence-corrected chi connectivity index (χ2v) is 6.20. The van der Waals surface area contributed by atoms with Gasteiger partial charge in [-0.2, -0.15) is 0 Å². The van der Waals surface area contributed by atoms with Crippen LogP contribution in [0.15, 0.2) is 24.5 Å². The summed E-state index contributed by atoms with van der Waals surface area (Å²) in [5.41, 5.74) is 2.51. The maximum Gasteiger partial charge on any atom is 0.272 e. The quantitative estimate of drug-likeness (QED) is 0.838. The molecule has 7 nitrogen and oxygen atoms in total. The molecule has 2 amide bonds. The van der Waals surface area contributed by atoms with Crippen LogP contribution < -0.4 is 10.1 Å². The van der Waals surface area contributed by atoms with Gasteiger partial charge in [-0.3, -0.25) is 9.59 Å². The van der Waals surface area contributed by atoms with Crippen LogP contribution in [0, 0.1) is 6.92 Å². The molecular weight excluding hydrogens is 358 g/mol. The van der Waals surface area contributed by atoms with Gasteiger partial charge in [0.15, 0.2) is 6.61 Å². The van der Waals surface area contributed by atoms with Crippen molar-refractivity contribution in [1.82, 2.24) is 14.9 Å². The normalized spacial score (nSPS) is 13.1. The van der Waals surface area contributed by atoms with Gasteiger partial charge in [0.25, 0.3) is 12.3 Å². The van der Waals surface area contributed by atoms with Crippen molar-refractivity contribution in [2.75, 3.05) is 11.9 Å². The summed E-state index contributed by atoms with van der Waals surface area (Å²) in [5, 5.41) is 2.63. The molecule has 0 aliphatic carbocycles. The molecule has 0 radical (unpaired) electrons. The number of pyridine rings is 2. The Balaban J connectivity index is 1.74. The average Bonchev–Trinajstić information content (AvgIpc) is 2.91. The first-order chi connectivity index (χ1) is 12.8. The molecule has 0 fully saturated rings. The fraction of sp³-hybridized carbons (Fsp3) is 0.333. The highest BCUT2D eigenvalue weighted by Crippen LogP contribution is 2.29. The summed E-state index contributed by atoms with van der Waals surface area (Å²) in [7, 11) is 0. The molecule has 0 saturated carbocycles. The fourth-order valence-corrected chi connectivity index (χ4v) is 2.91. The monoisotopic (exact) mass is 376 g/mol. The Bertz CT molecular complexity index is 889. The van der Waals surface area contributed by atoms with E-state index in [0.29, 0.717) is 29.1 Å². The minimum atomic E-state index is -2.57. The summed E-state index contributed by atoms with van der Waals surface area (Å²) in [5.74, 6) is 0.0869. The topological polar surface area (TPSA) is 84.4 Å². The molecule has 9 heteroatoms. The van der Waals surface area contributed by atoms with E-state index in [4.69, 9.17) is 4.74 Å². The third-order valence-electron chi connectivity index (χ3n) is 4.02. The van der Waals surface area contributed by atoms with E-state index in [1.807, 2.05) is 0 Å². The van der Waals surface area contributed by atoms with Crippen LogP contribution in [0.4, 0.5) is 14.6 Å². The van der Waals surface area contributed by atoms with E-state index in [1.165, 1.54) is 19.3 Å². The maximum atomic E-state index is 12.6. The second-order valence-electron chi connectivity index (χ2n) is 6.20. The third kappa shape index (κ3) is 4.18. The van der Waals surface area contributed by atoms with Crippen LogP contribution in [-0.2, 0) is 17.9 Å². The molecule has 142 valence electrons. The number of carbonyl (C=O) groups excluding carboxylic acids is 2. The highest BCUT2D eigenvalue weighted by molar-refractivity contribution is 6.01. The Kier molecular flexibility index (Phi) is 5.29. The van der Waals surface area contributed by atoms with Crippen LogP contribution in [0.3, 0.4) is 0 Å². The van der Waals surface area contributed by atoms with Crippen molar-refractivity contribution in [3.63, 3.8) is 0 Å². The average molecular weight is 376 g/mol. The SMILES string of the molecule is CC(=O)Nc1nccc2c1CN(Cc1cnc(OCC(F)F)c(C)c1)C2=O. The Morgan fingerprint density at radius 2 is 2.19 bits per heavy atom. The molecule has 3 heterocycles. The van der Waals surface area contributed by atoms with Crippen LogP contribution in [-0.4, -0.2) is 39.7 Å². The molecule has 0 saturated heterocycles. The lowest BCUT2D eigenvalue weighted by molar-refractivity contribution is -0.114. The molecule has 0 bridgehead atoms. The smallest absolute Gasteiger partial charge is 0.272 e. The van der Waals surface area contributed by atoms with Crippen molar-refractivity contribution < 1.29 is 23.1 Å². The van der Waals surface area contributed by atoms with Gasteiger partial charge in [-0.1, -0.05) is 0 Å². The van der Waals surface area contributed by atoms with E-state index in [0.717, 1.165) is 5.56 Å². The van der Waals surface area contributed by atoms with E-state index in [1.54, 1.807) is 24.0 Å². The standard InChI is InChI=1S/C18H18F2N4O3/c1-10-5-12(6-22-17(10)27-9-15(19)20)7-24-8-14-13(18(24)26)3-4-21-16(14)23-11(2)25/h3-6,15H,7-9H2,1-2H3,(H,21,23,25). The lowest BCUT2D eigenvalue weighted by Crippen LogP contribution is -2.23. The molecule has 0 aromatic carbocycles. The summed E-state index contributed by atoms with van der Waals surface area (Å²) in [6, 6.07) is 3.37. The van der Waals surface area contributed by atoms with Gasteiger partial charge in [0, 0.05) is 42.6 Å². The van der Waals surface area contributed by atoms with Gasteiger partial charge in [-0.15, -0.1) is 0 Å². The molecule has 1 N–H and O–H groups in total. The number of ether oxygens (including phenoxy) is 1. The minimum Gasteiger partial charge on any atom is -0.471 e. The first-order valence-corrected chi connectivity index (χ1v) is 8.26. The molecule has 3 rings (SSSR count). The van der Waals surface area contributed by atoms with Crippen LogP contribution in [0.25, 0.3) is 0 Å². The van der Waals surface area contributed by atoms with E-state index in [2.05, 4.69) is 15.3 Å². The van der Waals surface area contributed by atoms with Gasteiger partial charge in [0.2, 0.25) is 11.8 Å². The number of carbonyl (C=O) groups is 2. The van der Waals surface area contributed by atoms with E-state index < -0.39 is 13.0 Å². The van der Waals surface area contributed by atoms with Crippen molar-refractivity contribution in [3.8, 4) is 5.88 Å². The third-order valence-corrected chi connectivity index (χ3v) is 4.02. The van der Waals surface area contributed by atoms with Crippen molar-refractivity contribution in [2.45, 2.75) is 33.4 Å². The van der Waals surface area contributed by atoms with Gasteiger partial charge < -0.3 is 15.0 Å². The van der Waals surface area contributed by atoms with E-state index in [9.17, 15) is 18.4 Å². The molecule has 0 spiro atoms. The number of hydrogen-bond acceptors (Lipinski definition) is 5. The zero-order valence-electron chi connectivity index (χ0n) is 14.8. The van der Waals surface area contributed by atoms with Gasteiger partial charge in [-0.05, 0) is 24.6 Å². The molecule has 2 aromatic rings. The maximum absolute atomic E-state index is 12.6. The number of aryl methyl sites for hydroxylation is 1. The summed E-state index contributed by atoms with van der Waals surface area (Å²) >= 11 is 0. The zero-order valence-corrected chi connectivity index (χ0v) is 14.8. The Morgan fingerprint density at radius 1 is 1.41 bits per heavy atom. The van der Waals surface area contributed by atoms with Crippen molar-refractivity contribution >= 4 is 17.6 Å². The predicted octanol–water partition coefficient (Wildman–Crippen LogP) is 2.54. The number of rotatable bonds is 6. The van der Waals surface area contributed by atoms with Crippen LogP contribution in [0.2, 0.25) is 0 Å². The number of amides is 2. The molecule has 1 aliphatic rings. The number of aromatic nitrogens is 2. The number of halogens is 2. The summed E-state index contributed by atoms with van der Waals surface area (Å²) < 4.78 is 29.5. The van der Waals surface area contributed by atoms with Gasteiger partial charge >= 0.3 is 0 Å². The van der Waals surface area contributed by atoms with Crippen LogP contribution >= 0.6 is 0 Å². The fourth-order valence-electron chi connectivity index (χ4n) is 2.91. The lowest BCUT2D eigenvalue weighted by atomic mass is 10.1. The molecular formula is C18H18F2N4O3. The Morgan fingerprint density at radius 3 is 2.85 bits per heavy atom. The number of nitrogens with one attached hydrogen (secondary N) is 1.